The van der Waals surface area contributed by atoms with Crippen molar-refractivity contribution in [1.29, 1.82) is 0 Å². The lowest BCUT2D eigenvalue weighted by Gasteiger charge is -2.24. The van der Waals surface area contributed by atoms with Crippen molar-refractivity contribution in [3.05, 3.63) is 29.3 Å². The molecule has 0 aromatic heterocycles. The Bertz CT molecular complexity index is 723. The molecule has 1 fully saturated rings. The van der Waals surface area contributed by atoms with Crippen LogP contribution >= 0.6 is 0 Å². The van der Waals surface area contributed by atoms with E-state index in [1.54, 1.807) is 25.7 Å². The molecule has 28 heavy (non-hydrogen) atoms. The third-order valence-electron chi connectivity index (χ3n) is 4.24. The molecule has 1 amide bonds. The molecule has 0 radical (unpaired) electrons. The lowest BCUT2D eigenvalue weighted by atomic mass is 10.0. The number of hydrogen-bond acceptors (Lipinski definition) is 4. The number of alkyl carbamates (subject to hydrolysis) is 1. The van der Waals surface area contributed by atoms with Gasteiger partial charge in [-0.15, -0.1) is 0 Å². The van der Waals surface area contributed by atoms with E-state index in [0.717, 1.165) is 18.9 Å². The monoisotopic (exact) mass is 402 g/mol. The molecule has 1 aliphatic rings. The highest BCUT2D eigenvalue weighted by Gasteiger charge is 2.36. The molecule has 1 heterocycles. The Labute approximate surface area is 161 Å². The highest BCUT2D eigenvalue weighted by Crippen LogP contribution is 2.38. The van der Waals surface area contributed by atoms with Crippen LogP contribution in [0.25, 0.3) is 0 Å². The molecule has 1 unspecified atom stereocenters. The lowest BCUT2D eigenvalue weighted by molar-refractivity contribution is -0.139. The van der Waals surface area contributed by atoms with E-state index >= 15 is 0 Å². The quantitative estimate of drug-likeness (QED) is 0.783. The summed E-state index contributed by atoms with van der Waals surface area (Å²) in [5.74, 6) is -1.36. The van der Waals surface area contributed by atoms with E-state index in [2.05, 4.69) is 5.32 Å². The second-order valence-electron chi connectivity index (χ2n) is 7.78. The number of carboxylic acids is 1. The van der Waals surface area contributed by atoms with Crippen molar-refractivity contribution in [2.75, 3.05) is 18.0 Å². The maximum Gasteiger partial charge on any atom is 0.418 e. The summed E-state index contributed by atoms with van der Waals surface area (Å²) in [6.45, 7) is 5.97. The summed E-state index contributed by atoms with van der Waals surface area (Å²) in [7, 11) is 0. The number of amides is 1. The molecule has 0 bridgehead atoms. The molecule has 1 atom stereocenters. The summed E-state index contributed by atoms with van der Waals surface area (Å²) >= 11 is 0. The van der Waals surface area contributed by atoms with Crippen LogP contribution in [0.1, 0.15) is 44.7 Å². The first-order valence-electron chi connectivity index (χ1n) is 9.04. The second-order valence-corrected chi connectivity index (χ2v) is 7.78. The van der Waals surface area contributed by atoms with Crippen molar-refractivity contribution in [1.82, 2.24) is 5.32 Å². The first-order valence-corrected chi connectivity index (χ1v) is 9.04. The van der Waals surface area contributed by atoms with Crippen molar-refractivity contribution in [2.45, 2.75) is 57.9 Å². The van der Waals surface area contributed by atoms with E-state index in [1.165, 1.54) is 12.1 Å². The highest BCUT2D eigenvalue weighted by molar-refractivity contribution is 5.80. The average molecular weight is 402 g/mol. The maximum atomic E-state index is 13.5. The molecule has 9 heteroatoms. The van der Waals surface area contributed by atoms with Crippen LogP contribution in [-0.2, 0) is 22.1 Å². The molecule has 1 aromatic rings. The fraction of sp³-hybridized carbons (Fsp3) is 0.579. The summed E-state index contributed by atoms with van der Waals surface area (Å²) in [5, 5.41) is 11.5. The van der Waals surface area contributed by atoms with Gasteiger partial charge in [-0.3, -0.25) is 0 Å². The van der Waals surface area contributed by atoms with Crippen LogP contribution in [0.2, 0.25) is 0 Å². The number of nitrogens with one attached hydrogen (secondary N) is 1. The molecule has 156 valence electrons. The van der Waals surface area contributed by atoms with Crippen molar-refractivity contribution >= 4 is 17.7 Å². The minimum atomic E-state index is -4.56. The zero-order chi connectivity index (χ0) is 21.1. The van der Waals surface area contributed by atoms with Gasteiger partial charge in [0, 0.05) is 25.2 Å². The number of nitrogens with zero attached hydrogens (tertiary/aromatic N) is 1. The molecule has 2 rings (SSSR count). The van der Waals surface area contributed by atoms with E-state index in [1.807, 2.05) is 0 Å². The van der Waals surface area contributed by atoms with Gasteiger partial charge < -0.3 is 20.1 Å². The van der Waals surface area contributed by atoms with Gasteiger partial charge in [-0.2, -0.15) is 13.2 Å². The molecule has 0 saturated carbocycles. The number of carbonyl (C=O) groups is 2. The van der Waals surface area contributed by atoms with Crippen LogP contribution in [-0.4, -0.2) is 41.9 Å². The van der Waals surface area contributed by atoms with E-state index < -0.39 is 35.4 Å². The van der Waals surface area contributed by atoms with Gasteiger partial charge in [0.05, 0.1) is 5.56 Å². The Morgan fingerprint density at radius 2 is 1.82 bits per heavy atom. The SMILES string of the molecule is CC(C)(C)OC(=O)NC(Cc1ccc(N2CCCC2)c(C(F)(F)F)c1)C(=O)O. The fourth-order valence-corrected chi connectivity index (χ4v) is 3.06. The standard InChI is InChI=1S/C19H25F3N2O4/c1-18(2,3)28-17(27)23-14(16(25)26)11-12-6-7-15(24-8-4-5-9-24)13(10-12)19(20,21)22/h6-7,10,14H,4-5,8-9,11H2,1-3H3,(H,23,27)(H,25,26). The summed E-state index contributed by atoms with van der Waals surface area (Å²) < 4.78 is 45.6. The molecule has 1 saturated heterocycles. The normalized spacial score (nSPS) is 16.0. The van der Waals surface area contributed by atoms with Crippen LogP contribution in [0, 0.1) is 0 Å². The maximum absolute atomic E-state index is 13.5. The van der Waals surface area contributed by atoms with Crippen LogP contribution in [0.5, 0.6) is 0 Å². The van der Waals surface area contributed by atoms with Gasteiger partial charge in [0.2, 0.25) is 0 Å². The van der Waals surface area contributed by atoms with E-state index in [4.69, 9.17) is 4.74 Å². The van der Waals surface area contributed by atoms with Crippen LogP contribution in [0.15, 0.2) is 18.2 Å². The molecule has 0 aliphatic carbocycles. The molecule has 0 spiro atoms. The predicted molar refractivity (Wildman–Crippen MR) is 97.4 cm³/mol. The van der Waals surface area contributed by atoms with Gasteiger partial charge in [0.1, 0.15) is 11.6 Å². The lowest BCUT2D eigenvalue weighted by Crippen LogP contribution is -2.44. The minimum absolute atomic E-state index is 0.0979. The number of hydrogen-bond donors (Lipinski definition) is 2. The summed E-state index contributed by atoms with van der Waals surface area (Å²) in [5.41, 5.74) is -1.36. The van der Waals surface area contributed by atoms with Gasteiger partial charge in [-0.1, -0.05) is 6.07 Å². The van der Waals surface area contributed by atoms with Gasteiger partial charge in [-0.05, 0) is 51.3 Å². The average Bonchev–Trinajstić information content (AvgIpc) is 3.05. The van der Waals surface area contributed by atoms with Crippen molar-refractivity contribution in [3.63, 3.8) is 0 Å². The molecular weight excluding hydrogens is 377 g/mol. The Kier molecular flexibility index (Phi) is 6.46. The number of benzene rings is 1. The molecule has 6 nitrogen and oxygen atoms in total. The molecule has 2 N–H and O–H groups in total. The van der Waals surface area contributed by atoms with Crippen molar-refractivity contribution in [3.8, 4) is 0 Å². The Morgan fingerprint density at radius 1 is 1.21 bits per heavy atom. The Morgan fingerprint density at radius 3 is 2.32 bits per heavy atom. The van der Waals surface area contributed by atoms with E-state index in [-0.39, 0.29) is 17.7 Å². The number of carboxylic acid groups (broad SMARTS) is 1. The highest BCUT2D eigenvalue weighted by atomic mass is 19.4. The predicted octanol–water partition coefficient (Wildman–Crippen LogP) is 3.83. The first-order chi connectivity index (χ1) is 12.9. The number of alkyl halides is 3. The number of halogens is 3. The third kappa shape index (κ3) is 6.03. The van der Waals surface area contributed by atoms with Gasteiger partial charge >= 0.3 is 18.2 Å². The number of rotatable bonds is 5. The largest absolute Gasteiger partial charge is 0.480 e. The van der Waals surface area contributed by atoms with Crippen LogP contribution in [0.3, 0.4) is 0 Å². The van der Waals surface area contributed by atoms with E-state index in [9.17, 15) is 27.9 Å². The number of anilines is 1. The molecule has 1 aliphatic heterocycles. The fourth-order valence-electron chi connectivity index (χ4n) is 3.06. The number of ether oxygens (including phenoxy) is 1. The van der Waals surface area contributed by atoms with Crippen LogP contribution < -0.4 is 10.2 Å². The zero-order valence-electron chi connectivity index (χ0n) is 16.1. The van der Waals surface area contributed by atoms with Crippen molar-refractivity contribution < 1.29 is 32.6 Å². The number of aliphatic carboxylic acids is 1. The van der Waals surface area contributed by atoms with Crippen molar-refractivity contribution in [2.24, 2.45) is 0 Å². The zero-order valence-corrected chi connectivity index (χ0v) is 16.1. The third-order valence-corrected chi connectivity index (χ3v) is 4.24. The van der Waals surface area contributed by atoms with Gasteiger partial charge in [-0.25, -0.2) is 9.59 Å². The second kappa shape index (κ2) is 8.28. The molecular formula is C19H25F3N2O4. The van der Waals surface area contributed by atoms with E-state index in [0.29, 0.717) is 13.1 Å². The van der Waals surface area contributed by atoms with Crippen LogP contribution in [0.4, 0.5) is 23.7 Å². The smallest absolute Gasteiger partial charge is 0.418 e. The topological polar surface area (TPSA) is 78.9 Å². The summed E-state index contributed by atoms with van der Waals surface area (Å²) in [6.07, 6.45) is -4.13. The number of carbonyl (C=O) groups excluding carboxylic acids is 1. The Balaban J connectivity index is 2.23. The minimum Gasteiger partial charge on any atom is -0.480 e. The summed E-state index contributed by atoms with van der Waals surface area (Å²) in [4.78, 5) is 25.0. The summed E-state index contributed by atoms with van der Waals surface area (Å²) in [6, 6.07) is 2.39. The molecule has 1 aromatic carbocycles. The first kappa shape index (κ1) is 21.8. The Hall–Kier alpha value is -2.45. The van der Waals surface area contributed by atoms with Gasteiger partial charge in [0.25, 0.3) is 0 Å². The van der Waals surface area contributed by atoms with Gasteiger partial charge in [0.15, 0.2) is 0 Å².